The lowest BCUT2D eigenvalue weighted by atomic mass is 9.80. The number of hydrogen-bond acceptors (Lipinski definition) is 10. The Morgan fingerprint density at radius 1 is 1.10 bits per heavy atom. The first-order valence-electron chi connectivity index (χ1n) is 12.5. The molecule has 2 amide bonds. The molecule has 13 heteroatoms. The van der Waals surface area contributed by atoms with E-state index in [0.29, 0.717) is 60.6 Å². The summed E-state index contributed by atoms with van der Waals surface area (Å²) in [5.74, 6) is 0.161. The van der Waals surface area contributed by atoms with E-state index >= 15 is 0 Å². The minimum atomic E-state index is -0.768. The summed E-state index contributed by atoms with van der Waals surface area (Å²) in [7, 11) is 1.54. The molecule has 0 spiro atoms. The Bertz CT molecular complexity index is 1520. The molecule has 1 aromatic carbocycles. The molecule has 39 heavy (non-hydrogen) atoms. The fourth-order valence-corrected chi connectivity index (χ4v) is 5.39. The topological polar surface area (TPSA) is 155 Å². The highest BCUT2D eigenvalue weighted by molar-refractivity contribution is 7.22. The van der Waals surface area contributed by atoms with Crippen LogP contribution in [-0.2, 0) is 4.79 Å². The zero-order valence-corrected chi connectivity index (χ0v) is 22.6. The highest BCUT2D eigenvalue weighted by Gasteiger charge is 2.37. The lowest BCUT2D eigenvalue weighted by Gasteiger charge is -2.36. The Kier molecular flexibility index (Phi) is 7.24. The number of amides is 2. The van der Waals surface area contributed by atoms with E-state index in [9.17, 15) is 14.7 Å². The van der Waals surface area contributed by atoms with Crippen LogP contribution in [0.5, 0.6) is 5.88 Å². The van der Waals surface area contributed by atoms with Crippen molar-refractivity contribution in [2.45, 2.75) is 26.7 Å². The zero-order chi connectivity index (χ0) is 27.6. The van der Waals surface area contributed by atoms with Gasteiger partial charge in [-0.3, -0.25) is 10.1 Å². The van der Waals surface area contributed by atoms with E-state index in [1.54, 1.807) is 31.7 Å². The van der Waals surface area contributed by atoms with Gasteiger partial charge in [0.1, 0.15) is 5.69 Å². The molecule has 12 nitrogen and oxygen atoms in total. The second kappa shape index (κ2) is 10.8. The summed E-state index contributed by atoms with van der Waals surface area (Å²) in [5.41, 5.74) is 2.82. The fraction of sp³-hybridized carbons (Fsp3) is 0.346. The van der Waals surface area contributed by atoms with Crippen molar-refractivity contribution in [2.24, 2.45) is 5.41 Å². The Hall–Kier alpha value is -4.39. The average Bonchev–Trinajstić information content (AvgIpc) is 3.35. The van der Waals surface area contributed by atoms with Crippen LogP contribution >= 0.6 is 11.3 Å². The molecular weight excluding hydrogens is 520 g/mol. The Balaban J connectivity index is 1.50. The number of ether oxygens (including phenoxy) is 1. The van der Waals surface area contributed by atoms with Crippen molar-refractivity contribution < 1.29 is 19.4 Å². The van der Waals surface area contributed by atoms with Crippen molar-refractivity contribution in [3.8, 4) is 28.3 Å². The fourth-order valence-electron chi connectivity index (χ4n) is 4.44. The third kappa shape index (κ3) is 5.30. The van der Waals surface area contributed by atoms with Gasteiger partial charge in [-0.05, 0) is 44.4 Å². The van der Waals surface area contributed by atoms with Crippen LogP contribution in [0.4, 0.5) is 15.9 Å². The third-order valence-corrected chi connectivity index (χ3v) is 7.82. The molecular formula is C26H28N8O4S. The lowest BCUT2D eigenvalue weighted by Crippen LogP contribution is -2.43. The molecule has 0 bridgehead atoms. The van der Waals surface area contributed by atoms with Crippen molar-refractivity contribution in [3.05, 3.63) is 36.9 Å². The van der Waals surface area contributed by atoms with Crippen molar-refractivity contribution in [1.82, 2.24) is 30.2 Å². The number of piperidine rings is 1. The van der Waals surface area contributed by atoms with Crippen LogP contribution in [0.25, 0.3) is 32.6 Å². The number of aliphatic carboxylic acids is 1. The maximum Gasteiger partial charge on any atom is 0.321 e. The smallest absolute Gasteiger partial charge is 0.321 e. The van der Waals surface area contributed by atoms with Gasteiger partial charge >= 0.3 is 12.0 Å². The van der Waals surface area contributed by atoms with E-state index in [1.165, 1.54) is 18.4 Å². The standard InChI is InChI=1S/C26H28N8O4S/c1-4-27-24(37)33-25-32-18-12-15(11-17(20(18)39-25)19-21(38-3)29-8-7-28-19)16-13-30-23(31-14-16)34-9-5-26(2,6-10-34)22(35)36/h7-8,11-14H,4-6,9-10H2,1-3H3,(H,35,36)(H2,27,32,33,37). The zero-order valence-electron chi connectivity index (χ0n) is 21.8. The first-order chi connectivity index (χ1) is 18.8. The Labute approximate surface area is 228 Å². The maximum absolute atomic E-state index is 12.1. The molecule has 0 radical (unpaired) electrons. The predicted octanol–water partition coefficient (Wildman–Crippen LogP) is 4.05. The summed E-state index contributed by atoms with van der Waals surface area (Å²) in [6, 6.07) is 3.54. The quantitative estimate of drug-likeness (QED) is 0.308. The number of nitrogens with one attached hydrogen (secondary N) is 2. The molecule has 5 rings (SSSR count). The number of carbonyl (C=O) groups excluding carboxylic acids is 1. The molecule has 1 saturated heterocycles. The van der Waals surface area contributed by atoms with Gasteiger partial charge in [-0.15, -0.1) is 0 Å². The van der Waals surface area contributed by atoms with Gasteiger partial charge in [0.15, 0.2) is 5.13 Å². The normalized spacial score (nSPS) is 14.7. The molecule has 4 aromatic rings. The molecule has 4 heterocycles. The van der Waals surface area contributed by atoms with Crippen LogP contribution in [-0.4, -0.2) is 68.8 Å². The number of rotatable bonds is 7. The van der Waals surface area contributed by atoms with Crippen molar-refractivity contribution >= 4 is 44.6 Å². The van der Waals surface area contributed by atoms with Crippen LogP contribution in [0, 0.1) is 5.41 Å². The number of carboxylic acids is 1. The number of urea groups is 1. The third-order valence-electron chi connectivity index (χ3n) is 6.80. The molecule has 0 saturated carbocycles. The van der Waals surface area contributed by atoms with E-state index < -0.39 is 11.4 Å². The van der Waals surface area contributed by atoms with Crippen LogP contribution in [0.3, 0.4) is 0 Å². The highest BCUT2D eigenvalue weighted by atomic mass is 32.1. The first-order valence-corrected chi connectivity index (χ1v) is 13.3. The molecule has 1 fully saturated rings. The molecule has 0 aliphatic carbocycles. The number of carbonyl (C=O) groups is 2. The number of benzene rings is 1. The van der Waals surface area contributed by atoms with E-state index in [1.807, 2.05) is 24.0 Å². The Morgan fingerprint density at radius 2 is 1.82 bits per heavy atom. The van der Waals surface area contributed by atoms with Crippen LogP contribution < -0.4 is 20.3 Å². The minimum absolute atomic E-state index is 0.333. The van der Waals surface area contributed by atoms with Crippen molar-refractivity contribution in [1.29, 1.82) is 0 Å². The highest BCUT2D eigenvalue weighted by Crippen LogP contribution is 2.40. The van der Waals surface area contributed by atoms with E-state index in [4.69, 9.17) is 4.74 Å². The molecule has 1 aliphatic heterocycles. The summed E-state index contributed by atoms with van der Waals surface area (Å²) in [4.78, 5) is 48.3. The number of fused-ring (bicyclic) bond motifs is 1. The molecule has 0 atom stereocenters. The van der Waals surface area contributed by atoms with E-state index in [-0.39, 0.29) is 6.03 Å². The summed E-state index contributed by atoms with van der Waals surface area (Å²) >= 11 is 1.33. The van der Waals surface area contributed by atoms with Crippen LogP contribution in [0.15, 0.2) is 36.9 Å². The minimum Gasteiger partial charge on any atom is -0.481 e. The number of thiazole rings is 1. The van der Waals surface area contributed by atoms with Gasteiger partial charge in [0.25, 0.3) is 0 Å². The number of hydrogen-bond donors (Lipinski definition) is 3. The second-order valence-electron chi connectivity index (χ2n) is 9.41. The van der Waals surface area contributed by atoms with Gasteiger partial charge in [0.05, 0.1) is 22.7 Å². The monoisotopic (exact) mass is 548 g/mol. The summed E-state index contributed by atoms with van der Waals surface area (Å²) < 4.78 is 6.29. The second-order valence-corrected chi connectivity index (χ2v) is 10.4. The number of carboxylic acid groups (broad SMARTS) is 1. The summed E-state index contributed by atoms with van der Waals surface area (Å²) in [6.07, 6.45) is 7.70. The number of aromatic nitrogens is 5. The van der Waals surface area contributed by atoms with Gasteiger partial charge in [-0.1, -0.05) is 11.3 Å². The first kappa shape index (κ1) is 26.2. The van der Waals surface area contributed by atoms with Gasteiger partial charge < -0.3 is 20.1 Å². The molecule has 3 aromatic heterocycles. The largest absolute Gasteiger partial charge is 0.481 e. The molecule has 0 unspecified atom stereocenters. The maximum atomic E-state index is 12.1. The number of methoxy groups -OCH3 is 1. The SMILES string of the molecule is CCNC(=O)Nc1nc2cc(-c3cnc(N4CCC(C)(C(=O)O)CC4)nc3)cc(-c3nccnc3OC)c2s1. The van der Waals surface area contributed by atoms with Crippen LogP contribution in [0.2, 0.25) is 0 Å². The van der Waals surface area contributed by atoms with Gasteiger partial charge in [-0.25, -0.2) is 29.7 Å². The Morgan fingerprint density at radius 3 is 2.49 bits per heavy atom. The van der Waals surface area contributed by atoms with Crippen molar-refractivity contribution in [2.75, 3.05) is 37.0 Å². The van der Waals surface area contributed by atoms with E-state index in [2.05, 4.69) is 35.6 Å². The van der Waals surface area contributed by atoms with Gasteiger partial charge in [-0.2, -0.15) is 0 Å². The van der Waals surface area contributed by atoms with Crippen LogP contribution in [0.1, 0.15) is 26.7 Å². The number of anilines is 2. The molecule has 1 aliphatic rings. The predicted molar refractivity (Wildman–Crippen MR) is 148 cm³/mol. The van der Waals surface area contributed by atoms with Gasteiger partial charge in [0, 0.05) is 55.5 Å². The van der Waals surface area contributed by atoms with Crippen molar-refractivity contribution in [3.63, 3.8) is 0 Å². The summed E-state index contributed by atoms with van der Waals surface area (Å²) in [6.45, 7) is 5.27. The summed E-state index contributed by atoms with van der Waals surface area (Å²) in [5, 5.41) is 15.4. The number of nitrogens with zero attached hydrogens (tertiary/aromatic N) is 6. The molecule has 202 valence electrons. The van der Waals surface area contributed by atoms with Gasteiger partial charge in [0.2, 0.25) is 11.8 Å². The lowest BCUT2D eigenvalue weighted by molar-refractivity contribution is -0.149. The van der Waals surface area contributed by atoms with E-state index in [0.717, 1.165) is 21.4 Å². The average molecular weight is 549 g/mol. The molecule has 3 N–H and O–H groups in total.